The van der Waals surface area contributed by atoms with E-state index < -0.39 is 0 Å². The summed E-state index contributed by atoms with van der Waals surface area (Å²) in [6.07, 6.45) is 3.88. The van der Waals surface area contributed by atoms with Gasteiger partial charge in [0, 0.05) is 22.5 Å². The van der Waals surface area contributed by atoms with Gasteiger partial charge in [0.25, 0.3) is 0 Å². The van der Waals surface area contributed by atoms with Crippen molar-refractivity contribution < 1.29 is 4.79 Å². The average molecular weight is 294 g/mol. The molecule has 1 aliphatic carbocycles. The maximum absolute atomic E-state index is 11.9. The van der Waals surface area contributed by atoms with Gasteiger partial charge in [-0.1, -0.05) is 13.8 Å². The SMILES string of the molecule is CC(C)C(=O)Nc1ccc2[nH]c3c(c2c1)CCc1cn[nH]c1-3. The second-order valence-electron chi connectivity index (χ2n) is 6.15. The molecule has 0 atom stereocenters. The normalized spacial score (nSPS) is 13.2. The highest BCUT2D eigenvalue weighted by molar-refractivity contribution is 5.97. The lowest BCUT2D eigenvalue weighted by atomic mass is 9.94. The molecule has 1 aromatic carbocycles. The molecule has 1 amide bonds. The topological polar surface area (TPSA) is 73.6 Å². The van der Waals surface area contributed by atoms with Gasteiger partial charge in [-0.2, -0.15) is 5.10 Å². The standard InChI is InChI=1S/C17H18N4O/c1-9(2)17(22)19-11-4-6-14-13(7-11)12-5-3-10-8-18-21-15(10)16(12)20-14/h4,6-9,20H,3,5H2,1-2H3,(H,18,21)(H,19,22). The Labute approximate surface area is 128 Å². The van der Waals surface area contributed by atoms with E-state index in [1.807, 2.05) is 32.2 Å². The van der Waals surface area contributed by atoms with E-state index >= 15 is 0 Å². The number of H-pyrrole nitrogens is 2. The first kappa shape index (κ1) is 13.1. The fourth-order valence-corrected chi connectivity index (χ4v) is 3.06. The van der Waals surface area contributed by atoms with Crippen molar-refractivity contribution >= 4 is 22.5 Å². The molecular formula is C17H18N4O. The smallest absolute Gasteiger partial charge is 0.226 e. The lowest BCUT2D eigenvalue weighted by Gasteiger charge is -2.11. The minimum atomic E-state index is -0.0246. The molecule has 0 fully saturated rings. The third-order valence-corrected chi connectivity index (χ3v) is 4.31. The summed E-state index contributed by atoms with van der Waals surface area (Å²) in [6.45, 7) is 3.79. The van der Waals surface area contributed by atoms with E-state index in [1.165, 1.54) is 16.5 Å². The third-order valence-electron chi connectivity index (χ3n) is 4.31. The quantitative estimate of drug-likeness (QED) is 0.678. The molecule has 3 N–H and O–H groups in total. The molecular weight excluding hydrogens is 276 g/mol. The Balaban J connectivity index is 1.80. The molecule has 5 heteroatoms. The summed E-state index contributed by atoms with van der Waals surface area (Å²) in [5.41, 5.74) is 6.71. The zero-order valence-electron chi connectivity index (χ0n) is 12.7. The van der Waals surface area contributed by atoms with Crippen LogP contribution in [0.3, 0.4) is 0 Å². The van der Waals surface area contributed by atoms with Crippen molar-refractivity contribution in [2.75, 3.05) is 5.32 Å². The molecule has 1 aliphatic rings. The van der Waals surface area contributed by atoms with Crippen molar-refractivity contribution in [2.45, 2.75) is 26.7 Å². The Morgan fingerprint density at radius 1 is 1.27 bits per heavy atom. The molecule has 22 heavy (non-hydrogen) atoms. The van der Waals surface area contributed by atoms with Crippen molar-refractivity contribution in [3.05, 3.63) is 35.5 Å². The van der Waals surface area contributed by atoms with Crippen LogP contribution in [-0.2, 0) is 17.6 Å². The highest BCUT2D eigenvalue weighted by atomic mass is 16.1. The number of rotatable bonds is 2. The maximum Gasteiger partial charge on any atom is 0.226 e. The van der Waals surface area contributed by atoms with Gasteiger partial charge >= 0.3 is 0 Å². The summed E-state index contributed by atoms with van der Waals surface area (Å²) in [7, 11) is 0. The van der Waals surface area contributed by atoms with E-state index in [0.29, 0.717) is 0 Å². The fourth-order valence-electron chi connectivity index (χ4n) is 3.06. The molecule has 0 unspecified atom stereocenters. The molecule has 3 aromatic rings. The summed E-state index contributed by atoms with van der Waals surface area (Å²) in [6, 6.07) is 6.03. The van der Waals surface area contributed by atoms with Crippen LogP contribution in [0, 0.1) is 5.92 Å². The number of nitrogens with zero attached hydrogens (tertiary/aromatic N) is 1. The van der Waals surface area contributed by atoms with Crippen molar-refractivity contribution in [1.29, 1.82) is 0 Å². The van der Waals surface area contributed by atoms with Gasteiger partial charge in [0.1, 0.15) is 0 Å². The Kier molecular flexibility index (Phi) is 2.82. The number of anilines is 1. The van der Waals surface area contributed by atoms with E-state index in [1.54, 1.807) is 0 Å². The number of aromatic amines is 2. The van der Waals surface area contributed by atoms with Gasteiger partial charge in [-0.05, 0) is 42.2 Å². The number of carbonyl (C=O) groups excluding carboxylic acids is 1. The number of benzene rings is 1. The number of fused-ring (bicyclic) bond motifs is 5. The van der Waals surface area contributed by atoms with Crippen LogP contribution < -0.4 is 5.32 Å². The van der Waals surface area contributed by atoms with Crippen molar-refractivity contribution in [3.8, 4) is 11.4 Å². The average Bonchev–Trinajstić information content (AvgIpc) is 3.10. The second kappa shape index (κ2) is 4.73. The van der Waals surface area contributed by atoms with E-state index in [9.17, 15) is 4.79 Å². The zero-order valence-corrected chi connectivity index (χ0v) is 12.7. The summed E-state index contributed by atoms with van der Waals surface area (Å²) in [5.74, 6) is 0.0167. The highest BCUT2D eigenvalue weighted by Gasteiger charge is 2.22. The van der Waals surface area contributed by atoms with Crippen LogP contribution in [0.2, 0.25) is 0 Å². The largest absolute Gasteiger partial charge is 0.353 e. The number of hydrogen-bond donors (Lipinski definition) is 3. The molecule has 0 radical (unpaired) electrons. The monoisotopic (exact) mass is 294 g/mol. The van der Waals surface area contributed by atoms with Crippen LogP contribution in [0.4, 0.5) is 5.69 Å². The fraction of sp³-hybridized carbons (Fsp3) is 0.294. The molecule has 2 aromatic heterocycles. The maximum atomic E-state index is 11.9. The zero-order chi connectivity index (χ0) is 15.3. The van der Waals surface area contributed by atoms with E-state index in [-0.39, 0.29) is 11.8 Å². The third kappa shape index (κ3) is 1.93. The predicted molar refractivity (Wildman–Crippen MR) is 86.8 cm³/mol. The second-order valence-corrected chi connectivity index (χ2v) is 6.15. The molecule has 0 bridgehead atoms. The molecule has 0 aliphatic heterocycles. The van der Waals surface area contributed by atoms with Gasteiger partial charge in [-0.25, -0.2) is 0 Å². The van der Waals surface area contributed by atoms with E-state index in [4.69, 9.17) is 0 Å². The van der Waals surface area contributed by atoms with Crippen LogP contribution in [0.5, 0.6) is 0 Å². The summed E-state index contributed by atoms with van der Waals surface area (Å²) >= 11 is 0. The molecule has 4 rings (SSSR count). The molecule has 2 heterocycles. The molecule has 0 saturated heterocycles. The van der Waals surface area contributed by atoms with Crippen molar-refractivity contribution in [3.63, 3.8) is 0 Å². The number of nitrogens with one attached hydrogen (secondary N) is 3. The first-order valence-corrected chi connectivity index (χ1v) is 7.61. The number of aryl methyl sites for hydroxylation is 2. The molecule has 5 nitrogen and oxygen atoms in total. The van der Waals surface area contributed by atoms with E-state index in [0.717, 1.165) is 35.4 Å². The van der Waals surface area contributed by atoms with Gasteiger partial charge in [-0.15, -0.1) is 0 Å². The predicted octanol–water partition coefficient (Wildman–Crippen LogP) is 3.25. The number of aromatic nitrogens is 3. The Morgan fingerprint density at radius 2 is 2.14 bits per heavy atom. The van der Waals surface area contributed by atoms with Crippen LogP contribution >= 0.6 is 0 Å². The molecule has 0 spiro atoms. The van der Waals surface area contributed by atoms with Gasteiger partial charge in [-0.3, -0.25) is 9.89 Å². The molecule has 0 saturated carbocycles. The lowest BCUT2D eigenvalue weighted by Crippen LogP contribution is -2.17. The van der Waals surface area contributed by atoms with Crippen LogP contribution in [0.25, 0.3) is 22.3 Å². The summed E-state index contributed by atoms with van der Waals surface area (Å²) in [4.78, 5) is 15.3. The van der Waals surface area contributed by atoms with E-state index in [2.05, 4.69) is 26.6 Å². The van der Waals surface area contributed by atoms with Gasteiger partial charge < -0.3 is 10.3 Å². The highest BCUT2D eigenvalue weighted by Crippen LogP contribution is 2.37. The Hall–Kier alpha value is -2.56. The van der Waals surface area contributed by atoms with Crippen LogP contribution in [0.1, 0.15) is 25.0 Å². The van der Waals surface area contributed by atoms with Gasteiger partial charge in [0.2, 0.25) is 5.91 Å². The molecule has 112 valence electrons. The number of carbonyl (C=O) groups is 1. The summed E-state index contributed by atoms with van der Waals surface area (Å²) in [5, 5.41) is 11.4. The minimum absolute atomic E-state index is 0.0246. The number of hydrogen-bond acceptors (Lipinski definition) is 2. The number of amides is 1. The van der Waals surface area contributed by atoms with Crippen molar-refractivity contribution in [2.24, 2.45) is 5.92 Å². The Morgan fingerprint density at radius 3 is 2.95 bits per heavy atom. The first-order valence-electron chi connectivity index (χ1n) is 7.61. The van der Waals surface area contributed by atoms with Gasteiger partial charge in [0.15, 0.2) is 0 Å². The summed E-state index contributed by atoms with van der Waals surface area (Å²) < 4.78 is 0. The minimum Gasteiger partial charge on any atom is -0.353 e. The Bertz CT molecular complexity index is 872. The van der Waals surface area contributed by atoms with Crippen LogP contribution in [0.15, 0.2) is 24.4 Å². The lowest BCUT2D eigenvalue weighted by molar-refractivity contribution is -0.118. The van der Waals surface area contributed by atoms with Crippen molar-refractivity contribution in [1.82, 2.24) is 15.2 Å². The first-order chi connectivity index (χ1) is 10.6. The van der Waals surface area contributed by atoms with Gasteiger partial charge in [0.05, 0.1) is 17.6 Å². The van der Waals surface area contributed by atoms with Crippen LogP contribution in [-0.4, -0.2) is 21.1 Å².